The summed E-state index contributed by atoms with van der Waals surface area (Å²) in [4.78, 5) is 21.2. The number of likely N-dealkylation sites (tertiary alicyclic amines) is 1. The molecule has 144 valence electrons. The fourth-order valence-electron chi connectivity index (χ4n) is 4.93. The summed E-state index contributed by atoms with van der Waals surface area (Å²) in [5.74, 6) is 0.604. The van der Waals surface area contributed by atoms with Gasteiger partial charge < -0.3 is 4.90 Å². The minimum absolute atomic E-state index is 0.239. The Morgan fingerprint density at radius 3 is 2.70 bits per heavy atom. The maximum absolute atomic E-state index is 12.3. The average molecular weight is 384 g/mol. The van der Waals surface area contributed by atoms with Crippen LogP contribution in [0, 0.1) is 6.92 Å². The van der Waals surface area contributed by atoms with Crippen molar-refractivity contribution in [1.29, 1.82) is 0 Å². The molecule has 0 saturated carbocycles. The van der Waals surface area contributed by atoms with Crippen molar-refractivity contribution in [1.82, 2.24) is 14.8 Å². The zero-order valence-corrected chi connectivity index (χ0v) is 17.4. The molecule has 0 bridgehead atoms. The molecule has 2 aromatic rings. The van der Waals surface area contributed by atoms with Crippen LogP contribution in [0.25, 0.3) is 0 Å². The lowest BCUT2D eigenvalue weighted by Gasteiger charge is -2.40. The van der Waals surface area contributed by atoms with Crippen LogP contribution < -0.4 is 0 Å². The van der Waals surface area contributed by atoms with Gasteiger partial charge in [-0.2, -0.15) is 0 Å². The molecule has 4 nitrogen and oxygen atoms in total. The van der Waals surface area contributed by atoms with Crippen LogP contribution in [0.15, 0.2) is 29.6 Å². The monoisotopic (exact) mass is 383 g/mol. The van der Waals surface area contributed by atoms with Crippen molar-refractivity contribution >= 4 is 17.2 Å². The second-order valence-corrected chi connectivity index (χ2v) is 9.46. The summed E-state index contributed by atoms with van der Waals surface area (Å²) in [6.07, 6.45) is 4.11. The second kappa shape index (κ2) is 7.36. The van der Waals surface area contributed by atoms with E-state index in [1.54, 1.807) is 16.2 Å². The van der Waals surface area contributed by atoms with E-state index >= 15 is 0 Å². The number of fused-ring (bicyclic) bond motifs is 2. The Balaban J connectivity index is 1.48. The lowest BCUT2D eigenvalue weighted by molar-refractivity contribution is -0.129. The van der Waals surface area contributed by atoms with Gasteiger partial charge in [-0.25, -0.2) is 4.98 Å². The van der Waals surface area contributed by atoms with Crippen molar-refractivity contribution in [3.8, 4) is 0 Å². The summed E-state index contributed by atoms with van der Waals surface area (Å²) >= 11 is 1.74. The first-order chi connectivity index (χ1) is 13.0. The summed E-state index contributed by atoms with van der Waals surface area (Å²) in [6, 6.07) is 8.86. The Hall–Kier alpha value is -1.72. The first kappa shape index (κ1) is 18.6. The van der Waals surface area contributed by atoms with E-state index in [2.05, 4.69) is 46.5 Å². The first-order valence-electron chi connectivity index (χ1n) is 9.90. The predicted octanol–water partition coefficient (Wildman–Crippen LogP) is 3.95. The van der Waals surface area contributed by atoms with E-state index in [4.69, 9.17) is 0 Å². The van der Waals surface area contributed by atoms with Gasteiger partial charge >= 0.3 is 0 Å². The lowest BCUT2D eigenvalue weighted by Crippen LogP contribution is -2.41. The molecule has 1 unspecified atom stereocenters. The number of piperidine rings is 1. The van der Waals surface area contributed by atoms with Crippen LogP contribution in [0.4, 0.5) is 0 Å². The van der Waals surface area contributed by atoms with Gasteiger partial charge in [0.15, 0.2) is 0 Å². The minimum Gasteiger partial charge on any atom is -0.349 e. The average Bonchev–Trinajstić information content (AvgIpc) is 3.19. The highest BCUT2D eigenvalue weighted by atomic mass is 32.1. The minimum atomic E-state index is 0.239. The number of rotatable bonds is 4. The molecule has 1 amide bonds. The van der Waals surface area contributed by atoms with Crippen LogP contribution >= 0.6 is 11.3 Å². The SMILES string of the molecule is Cc1nc(CN2CCC3(CC2)CC(CC(=O)N(C)C)c2ccccc23)cs1. The number of aryl methyl sites for hydroxylation is 1. The molecule has 1 aliphatic heterocycles. The fourth-order valence-corrected chi connectivity index (χ4v) is 5.53. The van der Waals surface area contributed by atoms with E-state index in [9.17, 15) is 4.79 Å². The maximum atomic E-state index is 12.3. The third-order valence-corrected chi connectivity index (χ3v) is 7.22. The number of hydrogen-bond acceptors (Lipinski definition) is 4. The van der Waals surface area contributed by atoms with Crippen LogP contribution in [0.3, 0.4) is 0 Å². The fraction of sp³-hybridized carbons (Fsp3) is 0.545. The lowest BCUT2D eigenvalue weighted by atomic mass is 9.73. The van der Waals surface area contributed by atoms with Gasteiger partial charge in [0.05, 0.1) is 10.7 Å². The zero-order chi connectivity index (χ0) is 19.0. The molecule has 1 spiro atoms. The molecule has 1 fully saturated rings. The van der Waals surface area contributed by atoms with Gasteiger partial charge in [-0.05, 0) is 61.7 Å². The van der Waals surface area contributed by atoms with E-state index in [1.807, 2.05) is 14.1 Å². The summed E-state index contributed by atoms with van der Waals surface area (Å²) < 4.78 is 0. The Labute approximate surface area is 166 Å². The molecule has 0 radical (unpaired) electrons. The van der Waals surface area contributed by atoms with E-state index < -0.39 is 0 Å². The normalized spacial score (nSPS) is 21.4. The Morgan fingerprint density at radius 2 is 2.04 bits per heavy atom. The molecule has 1 aromatic heterocycles. The molecular weight excluding hydrogens is 354 g/mol. The Kier molecular flexibility index (Phi) is 5.08. The van der Waals surface area contributed by atoms with Crippen molar-refractivity contribution < 1.29 is 4.79 Å². The van der Waals surface area contributed by atoms with Gasteiger partial charge in [0.25, 0.3) is 0 Å². The van der Waals surface area contributed by atoms with Crippen molar-refractivity contribution in [3.05, 3.63) is 51.5 Å². The number of aromatic nitrogens is 1. The highest BCUT2D eigenvalue weighted by molar-refractivity contribution is 7.09. The van der Waals surface area contributed by atoms with Gasteiger partial charge in [0.1, 0.15) is 0 Å². The molecule has 0 N–H and O–H groups in total. The van der Waals surface area contributed by atoms with Gasteiger partial charge in [-0.1, -0.05) is 24.3 Å². The van der Waals surface area contributed by atoms with Gasteiger partial charge in [0, 0.05) is 32.4 Å². The third-order valence-electron chi connectivity index (χ3n) is 6.39. The number of benzene rings is 1. The number of thiazole rings is 1. The molecule has 4 rings (SSSR count). The molecule has 5 heteroatoms. The van der Waals surface area contributed by atoms with Gasteiger partial charge in [-0.3, -0.25) is 9.69 Å². The van der Waals surface area contributed by atoms with Crippen molar-refractivity contribution in [2.24, 2.45) is 0 Å². The smallest absolute Gasteiger partial charge is 0.222 e. The zero-order valence-electron chi connectivity index (χ0n) is 16.6. The highest BCUT2D eigenvalue weighted by Gasteiger charge is 2.45. The maximum Gasteiger partial charge on any atom is 0.222 e. The molecule has 1 aliphatic carbocycles. The van der Waals surface area contributed by atoms with E-state index in [0.29, 0.717) is 12.3 Å². The summed E-state index contributed by atoms with van der Waals surface area (Å²) in [5.41, 5.74) is 4.37. The van der Waals surface area contributed by atoms with Crippen LogP contribution in [-0.2, 0) is 16.8 Å². The molecule has 2 heterocycles. The highest BCUT2D eigenvalue weighted by Crippen LogP contribution is 2.52. The van der Waals surface area contributed by atoms with Crippen molar-refractivity contribution in [2.75, 3.05) is 27.2 Å². The number of carbonyl (C=O) groups excluding carboxylic acids is 1. The molecule has 1 atom stereocenters. The quantitative estimate of drug-likeness (QED) is 0.802. The molecule has 27 heavy (non-hydrogen) atoms. The van der Waals surface area contributed by atoms with Crippen LogP contribution in [0.1, 0.15) is 53.4 Å². The molecule has 1 aromatic carbocycles. The van der Waals surface area contributed by atoms with Crippen molar-refractivity contribution in [3.63, 3.8) is 0 Å². The topological polar surface area (TPSA) is 36.4 Å². The number of amides is 1. The first-order valence-corrected chi connectivity index (χ1v) is 10.8. The van der Waals surface area contributed by atoms with Crippen LogP contribution in [0.2, 0.25) is 0 Å². The number of nitrogens with zero attached hydrogens (tertiary/aromatic N) is 3. The van der Waals surface area contributed by atoms with E-state index in [0.717, 1.165) is 31.1 Å². The van der Waals surface area contributed by atoms with Gasteiger partial charge in [0.2, 0.25) is 5.91 Å². The van der Waals surface area contributed by atoms with Crippen LogP contribution in [-0.4, -0.2) is 47.9 Å². The predicted molar refractivity (Wildman–Crippen MR) is 110 cm³/mol. The number of hydrogen-bond donors (Lipinski definition) is 0. The standard InChI is InChI=1S/C22H29N3OS/c1-16-23-18(15-27-16)14-25-10-8-22(9-11-25)13-17(12-21(26)24(2)3)19-6-4-5-7-20(19)22/h4-7,15,17H,8-14H2,1-3H3. The summed E-state index contributed by atoms with van der Waals surface area (Å²) in [6.45, 7) is 5.26. The Morgan fingerprint density at radius 1 is 1.30 bits per heavy atom. The van der Waals surface area contributed by atoms with Gasteiger partial charge in [-0.15, -0.1) is 11.3 Å². The van der Waals surface area contributed by atoms with E-state index in [-0.39, 0.29) is 11.3 Å². The molecular formula is C22H29N3OS. The number of carbonyl (C=O) groups is 1. The largest absolute Gasteiger partial charge is 0.349 e. The second-order valence-electron chi connectivity index (χ2n) is 8.39. The van der Waals surface area contributed by atoms with E-state index in [1.165, 1.54) is 29.7 Å². The third kappa shape index (κ3) is 3.67. The molecule has 2 aliphatic rings. The summed E-state index contributed by atoms with van der Waals surface area (Å²) in [5, 5.41) is 3.34. The van der Waals surface area contributed by atoms with Crippen molar-refractivity contribution in [2.45, 2.75) is 50.5 Å². The summed E-state index contributed by atoms with van der Waals surface area (Å²) in [7, 11) is 3.72. The molecule has 1 saturated heterocycles. The van der Waals surface area contributed by atoms with Crippen LogP contribution in [0.5, 0.6) is 0 Å². The Bertz CT molecular complexity index is 820.